The van der Waals surface area contributed by atoms with Crippen LogP contribution in [0, 0.1) is 6.92 Å². The Hall–Kier alpha value is -3.87. The second kappa shape index (κ2) is 7.51. The van der Waals surface area contributed by atoms with Gasteiger partial charge in [-0.2, -0.15) is 10.3 Å². The molecule has 0 saturated heterocycles. The Labute approximate surface area is 173 Å². The predicted octanol–water partition coefficient (Wildman–Crippen LogP) is 4.04. The Morgan fingerprint density at radius 2 is 1.80 bits per heavy atom. The van der Waals surface area contributed by atoms with E-state index in [1.54, 1.807) is 0 Å². The Balaban J connectivity index is 1.48. The zero-order valence-corrected chi connectivity index (χ0v) is 16.9. The van der Waals surface area contributed by atoms with E-state index in [1.165, 1.54) is 5.56 Å². The van der Waals surface area contributed by atoms with Crippen LogP contribution in [-0.4, -0.2) is 35.2 Å². The molecule has 5 aromatic rings. The highest BCUT2D eigenvalue weighted by Gasteiger charge is 2.14. The van der Waals surface area contributed by atoms with Crippen LogP contribution in [0.1, 0.15) is 29.4 Å². The number of nitrogens with one attached hydrogen (secondary N) is 1. The number of benzene rings is 2. The number of tetrazole rings is 1. The summed E-state index contributed by atoms with van der Waals surface area (Å²) in [6.45, 7) is 4.17. The standard InChI is InChI=1S/C23H21N7/c1-3-20-21(30-22(25-20)12-15(2)14-24-30)13-16-8-10-17(11-9-16)18-6-4-5-7-19(18)23-26-28-29-27-23/h4-12,14H,3,13H2,1-2H3,(H,26,27,28,29). The quantitative estimate of drug-likeness (QED) is 0.485. The summed E-state index contributed by atoms with van der Waals surface area (Å²) in [6, 6.07) is 18.8. The van der Waals surface area contributed by atoms with Crippen molar-refractivity contribution in [3.05, 3.63) is 83.3 Å². The van der Waals surface area contributed by atoms with Crippen molar-refractivity contribution in [3.8, 4) is 22.5 Å². The molecule has 7 heteroatoms. The number of hydrogen-bond acceptors (Lipinski definition) is 5. The van der Waals surface area contributed by atoms with Crippen LogP contribution in [0.5, 0.6) is 0 Å². The maximum atomic E-state index is 4.77. The van der Waals surface area contributed by atoms with Crippen LogP contribution in [-0.2, 0) is 12.8 Å². The van der Waals surface area contributed by atoms with Gasteiger partial charge >= 0.3 is 0 Å². The zero-order valence-electron chi connectivity index (χ0n) is 16.9. The van der Waals surface area contributed by atoms with Crippen molar-refractivity contribution < 1.29 is 0 Å². The van der Waals surface area contributed by atoms with Crippen LogP contribution in [0.2, 0.25) is 0 Å². The first kappa shape index (κ1) is 18.2. The van der Waals surface area contributed by atoms with Crippen molar-refractivity contribution in [2.75, 3.05) is 0 Å². The van der Waals surface area contributed by atoms with Gasteiger partial charge in [-0.15, -0.1) is 10.2 Å². The molecular weight excluding hydrogens is 374 g/mol. The molecule has 0 bridgehead atoms. The van der Waals surface area contributed by atoms with Gasteiger partial charge in [-0.05, 0) is 46.9 Å². The molecule has 0 aliphatic rings. The molecular formula is C23H21N7. The minimum absolute atomic E-state index is 0.592. The van der Waals surface area contributed by atoms with Gasteiger partial charge < -0.3 is 0 Å². The van der Waals surface area contributed by atoms with E-state index in [0.717, 1.165) is 52.1 Å². The number of aryl methyl sites for hydroxylation is 2. The molecule has 0 aliphatic heterocycles. The summed E-state index contributed by atoms with van der Waals surface area (Å²) in [5.41, 5.74) is 8.63. The van der Waals surface area contributed by atoms with E-state index in [9.17, 15) is 0 Å². The van der Waals surface area contributed by atoms with Crippen LogP contribution in [0.3, 0.4) is 0 Å². The van der Waals surface area contributed by atoms with Crippen LogP contribution in [0.15, 0.2) is 60.8 Å². The summed E-state index contributed by atoms with van der Waals surface area (Å²) < 4.78 is 1.96. The number of fused-ring (bicyclic) bond motifs is 1. The molecule has 2 aromatic carbocycles. The lowest BCUT2D eigenvalue weighted by atomic mass is 9.97. The number of H-pyrrole nitrogens is 1. The number of imidazole rings is 1. The number of hydrogen-bond donors (Lipinski definition) is 1. The highest BCUT2D eigenvalue weighted by molar-refractivity contribution is 5.80. The third kappa shape index (κ3) is 3.24. The largest absolute Gasteiger partial charge is 0.232 e. The molecule has 148 valence electrons. The fourth-order valence-electron chi connectivity index (χ4n) is 3.78. The van der Waals surface area contributed by atoms with Crippen LogP contribution in [0.25, 0.3) is 28.2 Å². The molecule has 3 heterocycles. The molecule has 0 radical (unpaired) electrons. The minimum atomic E-state index is 0.592. The lowest BCUT2D eigenvalue weighted by molar-refractivity contribution is 0.852. The molecule has 3 aromatic heterocycles. The second-order valence-electron chi connectivity index (χ2n) is 7.32. The smallest absolute Gasteiger partial charge is 0.205 e. The molecule has 0 fully saturated rings. The third-order valence-electron chi connectivity index (χ3n) is 5.27. The Kier molecular flexibility index (Phi) is 4.55. The van der Waals surface area contributed by atoms with E-state index in [1.807, 2.05) is 35.8 Å². The average Bonchev–Trinajstić information content (AvgIpc) is 3.42. The number of nitrogens with zero attached hydrogens (tertiary/aromatic N) is 6. The van der Waals surface area contributed by atoms with Crippen molar-refractivity contribution in [1.29, 1.82) is 0 Å². The molecule has 0 saturated carbocycles. The summed E-state index contributed by atoms with van der Waals surface area (Å²) in [6.07, 6.45) is 3.55. The van der Waals surface area contributed by atoms with Crippen molar-refractivity contribution in [1.82, 2.24) is 35.2 Å². The van der Waals surface area contributed by atoms with Crippen molar-refractivity contribution in [2.24, 2.45) is 0 Å². The van der Waals surface area contributed by atoms with E-state index in [2.05, 4.69) is 69.0 Å². The SMILES string of the molecule is CCc1nc2cc(C)cnn2c1Cc1ccc(-c2ccccc2-c2nn[nH]n2)cc1. The Morgan fingerprint density at radius 3 is 2.53 bits per heavy atom. The summed E-state index contributed by atoms with van der Waals surface area (Å²) in [7, 11) is 0. The van der Waals surface area contributed by atoms with E-state index in [0.29, 0.717) is 5.82 Å². The maximum Gasteiger partial charge on any atom is 0.205 e. The predicted molar refractivity (Wildman–Crippen MR) is 115 cm³/mol. The number of rotatable bonds is 5. The monoisotopic (exact) mass is 395 g/mol. The van der Waals surface area contributed by atoms with Gasteiger partial charge in [0, 0.05) is 12.0 Å². The van der Waals surface area contributed by atoms with Gasteiger partial charge in [-0.3, -0.25) is 0 Å². The summed E-state index contributed by atoms with van der Waals surface area (Å²) in [5, 5.41) is 19.1. The van der Waals surface area contributed by atoms with Crippen LogP contribution < -0.4 is 0 Å². The lowest BCUT2D eigenvalue weighted by Crippen LogP contribution is -2.01. The fourth-order valence-corrected chi connectivity index (χ4v) is 3.78. The normalized spacial score (nSPS) is 11.3. The molecule has 0 amide bonds. The summed E-state index contributed by atoms with van der Waals surface area (Å²) >= 11 is 0. The lowest BCUT2D eigenvalue weighted by Gasteiger charge is -2.09. The van der Waals surface area contributed by atoms with E-state index >= 15 is 0 Å². The van der Waals surface area contributed by atoms with Gasteiger partial charge in [0.25, 0.3) is 0 Å². The zero-order chi connectivity index (χ0) is 20.5. The van der Waals surface area contributed by atoms with Crippen LogP contribution >= 0.6 is 0 Å². The first-order valence-electron chi connectivity index (χ1n) is 9.98. The second-order valence-corrected chi connectivity index (χ2v) is 7.32. The van der Waals surface area contributed by atoms with Crippen molar-refractivity contribution >= 4 is 5.65 Å². The molecule has 0 spiro atoms. The molecule has 1 N–H and O–H groups in total. The van der Waals surface area contributed by atoms with Crippen molar-refractivity contribution in [2.45, 2.75) is 26.7 Å². The molecule has 0 aliphatic carbocycles. The summed E-state index contributed by atoms with van der Waals surface area (Å²) in [5.74, 6) is 0.592. The van der Waals surface area contributed by atoms with E-state index < -0.39 is 0 Å². The molecule has 5 rings (SSSR count). The van der Waals surface area contributed by atoms with Gasteiger partial charge in [0.15, 0.2) is 5.65 Å². The fraction of sp³-hybridized carbons (Fsp3) is 0.174. The van der Waals surface area contributed by atoms with E-state index in [4.69, 9.17) is 4.98 Å². The van der Waals surface area contributed by atoms with Crippen LogP contribution in [0.4, 0.5) is 0 Å². The molecule has 7 nitrogen and oxygen atoms in total. The maximum absolute atomic E-state index is 4.77. The van der Waals surface area contributed by atoms with Gasteiger partial charge in [-0.1, -0.05) is 55.5 Å². The van der Waals surface area contributed by atoms with Gasteiger partial charge in [0.1, 0.15) is 0 Å². The van der Waals surface area contributed by atoms with E-state index in [-0.39, 0.29) is 0 Å². The van der Waals surface area contributed by atoms with Gasteiger partial charge in [0.05, 0.1) is 17.6 Å². The molecule has 0 unspecified atom stereocenters. The minimum Gasteiger partial charge on any atom is -0.232 e. The Bertz CT molecular complexity index is 1300. The molecule has 0 atom stereocenters. The Morgan fingerprint density at radius 1 is 1.00 bits per heavy atom. The molecule has 30 heavy (non-hydrogen) atoms. The first-order chi connectivity index (χ1) is 14.7. The average molecular weight is 395 g/mol. The van der Waals surface area contributed by atoms with Crippen molar-refractivity contribution in [3.63, 3.8) is 0 Å². The van der Waals surface area contributed by atoms with Gasteiger partial charge in [0.2, 0.25) is 5.82 Å². The third-order valence-corrected chi connectivity index (χ3v) is 5.27. The van der Waals surface area contributed by atoms with Gasteiger partial charge in [-0.25, -0.2) is 9.50 Å². The topological polar surface area (TPSA) is 84.6 Å². The number of aromatic nitrogens is 7. The highest BCUT2D eigenvalue weighted by Crippen LogP contribution is 2.30. The summed E-state index contributed by atoms with van der Waals surface area (Å²) in [4.78, 5) is 4.77. The first-order valence-corrected chi connectivity index (χ1v) is 9.98. The highest BCUT2D eigenvalue weighted by atomic mass is 15.5. The number of aromatic amines is 1.